The number of nitrogens with one attached hydrogen (secondary N) is 1. The van der Waals surface area contributed by atoms with Crippen LogP contribution in [0.1, 0.15) is 29.0 Å². The summed E-state index contributed by atoms with van der Waals surface area (Å²) in [6.07, 6.45) is 1.26. The lowest BCUT2D eigenvalue weighted by Crippen LogP contribution is -2.41. The molecule has 0 spiro atoms. The second-order valence-corrected chi connectivity index (χ2v) is 7.36. The lowest BCUT2D eigenvalue weighted by Gasteiger charge is -2.30. The van der Waals surface area contributed by atoms with E-state index in [4.69, 9.17) is 4.52 Å². The highest BCUT2D eigenvalue weighted by molar-refractivity contribution is 5.94. The van der Waals surface area contributed by atoms with E-state index in [2.05, 4.69) is 10.5 Å². The molecule has 29 heavy (non-hydrogen) atoms. The van der Waals surface area contributed by atoms with Crippen molar-refractivity contribution in [2.24, 2.45) is 5.92 Å². The van der Waals surface area contributed by atoms with Crippen LogP contribution in [0.3, 0.4) is 0 Å². The molecule has 0 unspecified atom stereocenters. The molecule has 2 amide bonds. The van der Waals surface area contributed by atoms with Crippen molar-refractivity contribution >= 4 is 17.5 Å². The van der Waals surface area contributed by atoms with Crippen molar-refractivity contribution in [2.75, 3.05) is 18.4 Å². The van der Waals surface area contributed by atoms with Gasteiger partial charge in [-0.25, -0.2) is 0 Å². The maximum Gasteiger partial charge on any atom is 0.292 e. The van der Waals surface area contributed by atoms with Crippen molar-refractivity contribution in [1.29, 1.82) is 0 Å². The highest BCUT2D eigenvalue weighted by atomic mass is 16.5. The Hall–Kier alpha value is -3.41. The van der Waals surface area contributed by atoms with Gasteiger partial charge in [0, 0.05) is 36.3 Å². The van der Waals surface area contributed by atoms with Gasteiger partial charge in [-0.3, -0.25) is 9.59 Å². The van der Waals surface area contributed by atoms with Crippen LogP contribution >= 0.6 is 0 Å². The summed E-state index contributed by atoms with van der Waals surface area (Å²) in [6, 6.07) is 19.0. The Morgan fingerprint density at radius 1 is 1.03 bits per heavy atom. The van der Waals surface area contributed by atoms with Gasteiger partial charge in [-0.1, -0.05) is 53.2 Å². The number of rotatable bonds is 4. The number of amides is 2. The highest BCUT2D eigenvalue weighted by Crippen LogP contribution is 2.24. The molecule has 0 aliphatic carbocycles. The minimum absolute atomic E-state index is 0.00428. The third-order valence-corrected chi connectivity index (χ3v) is 5.26. The fourth-order valence-electron chi connectivity index (χ4n) is 3.50. The topological polar surface area (TPSA) is 75.4 Å². The number of aromatic nitrogens is 1. The summed E-state index contributed by atoms with van der Waals surface area (Å²) >= 11 is 0. The van der Waals surface area contributed by atoms with Crippen molar-refractivity contribution in [3.8, 4) is 11.3 Å². The van der Waals surface area contributed by atoms with E-state index in [0.717, 1.165) is 16.8 Å². The van der Waals surface area contributed by atoms with E-state index in [0.29, 0.717) is 31.6 Å². The van der Waals surface area contributed by atoms with Gasteiger partial charge in [-0.15, -0.1) is 0 Å². The maximum atomic E-state index is 12.8. The van der Waals surface area contributed by atoms with Crippen LogP contribution in [-0.2, 0) is 4.79 Å². The summed E-state index contributed by atoms with van der Waals surface area (Å²) in [5, 5.41) is 6.98. The number of benzene rings is 2. The largest absolute Gasteiger partial charge is 0.350 e. The fourth-order valence-corrected chi connectivity index (χ4v) is 3.50. The van der Waals surface area contributed by atoms with Crippen molar-refractivity contribution in [1.82, 2.24) is 10.1 Å². The molecule has 6 nitrogen and oxygen atoms in total. The number of hydrogen-bond acceptors (Lipinski definition) is 4. The van der Waals surface area contributed by atoms with E-state index < -0.39 is 0 Å². The zero-order chi connectivity index (χ0) is 20.2. The monoisotopic (exact) mass is 389 g/mol. The molecule has 1 saturated heterocycles. The minimum atomic E-state index is -0.183. The number of hydrogen-bond donors (Lipinski definition) is 1. The molecule has 1 aromatic heterocycles. The van der Waals surface area contributed by atoms with Gasteiger partial charge >= 0.3 is 0 Å². The summed E-state index contributed by atoms with van der Waals surface area (Å²) in [5.74, 6) is -0.0488. The summed E-state index contributed by atoms with van der Waals surface area (Å²) in [4.78, 5) is 26.9. The number of carbonyl (C=O) groups is 2. The van der Waals surface area contributed by atoms with Crippen molar-refractivity contribution in [3.63, 3.8) is 0 Å². The lowest BCUT2D eigenvalue weighted by atomic mass is 9.95. The molecule has 0 saturated carbocycles. The van der Waals surface area contributed by atoms with Crippen LogP contribution in [0.4, 0.5) is 5.69 Å². The number of likely N-dealkylation sites (tertiary alicyclic amines) is 1. The standard InChI is InChI=1S/C23H23N3O3/c1-16-7-9-17(10-8-16)20-15-21(29-25-20)23(28)26-13-11-18(12-14-26)22(27)24-19-5-3-2-4-6-19/h2-10,15,18H,11-14H2,1H3,(H,24,27). The first-order valence-corrected chi connectivity index (χ1v) is 9.79. The Kier molecular flexibility index (Phi) is 5.42. The Labute approximate surface area is 169 Å². The van der Waals surface area contributed by atoms with Crippen molar-refractivity contribution in [3.05, 3.63) is 72.0 Å². The molecule has 0 bridgehead atoms. The average molecular weight is 389 g/mol. The predicted molar refractivity (Wildman–Crippen MR) is 110 cm³/mol. The molecule has 2 aromatic carbocycles. The van der Waals surface area contributed by atoms with E-state index >= 15 is 0 Å². The first kappa shape index (κ1) is 18.9. The zero-order valence-corrected chi connectivity index (χ0v) is 16.3. The molecule has 1 N–H and O–H groups in total. The van der Waals surface area contributed by atoms with Crippen LogP contribution in [0.25, 0.3) is 11.3 Å². The molecule has 148 valence electrons. The van der Waals surface area contributed by atoms with Crippen LogP contribution in [0.5, 0.6) is 0 Å². The smallest absolute Gasteiger partial charge is 0.292 e. The number of para-hydroxylation sites is 1. The Bertz CT molecular complexity index is 988. The van der Waals surface area contributed by atoms with Gasteiger partial charge in [0.15, 0.2) is 0 Å². The summed E-state index contributed by atoms with van der Waals surface area (Å²) in [6.45, 7) is 3.06. The first-order chi connectivity index (χ1) is 14.1. The van der Waals surface area contributed by atoms with Crippen LogP contribution in [-0.4, -0.2) is 35.0 Å². The minimum Gasteiger partial charge on any atom is -0.350 e. The molecule has 1 aliphatic heterocycles. The summed E-state index contributed by atoms with van der Waals surface area (Å²) in [7, 11) is 0. The molecule has 1 fully saturated rings. The first-order valence-electron chi connectivity index (χ1n) is 9.79. The number of anilines is 1. The van der Waals surface area contributed by atoms with Gasteiger partial charge in [0.1, 0.15) is 5.69 Å². The quantitative estimate of drug-likeness (QED) is 0.728. The third kappa shape index (κ3) is 4.37. The predicted octanol–water partition coefficient (Wildman–Crippen LogP) is 4.14. The lowest BCUT2D eigenvalue weighted by molar-refractivity contribution is -0.121. The van der Waals surface area contributed by atoms with E-state index in [1.54, 1.807) is 11.0 Å². The summed E-state index contributed by atoms with van der Waals surface area (Å²) in [5.41, 5.74) is 3.51. The van der Waals surface area contributed by atoms with E-state index in [1.807, 2.05) is 61.5 Å². The van der Waals surface area contributed by atoms with Crippen molar-refractivity contribution < 1.29 is 14.1 Å². The Balaban J connectivity index is 1.34. The molecule has 2 heterocycles. The van der Waals surface area contributed by atoms with Gasteiger partial charge in [-0.2, -0.15) is 0 Å². The number of aryl methyl sites for hydroxylation is 1. The van der Waals surface area contributed by atoms with Gasteiger partial charge in [0.2, 0.25) is 11.7 Å². The van der Waals surface area contributed by atoms with Crippen LogP contribution in [0.2, 0.25) is 0 Å². The number of carbonyl (C=O) groups excluding carboxylic acids is 2. The molecule has 0 radical (unpaired) electrons. The zero-order valence-electron chi connectivity index (χ0n) is 16.3. The molecule has 3 aromatic rings. The maximum absolute atomic E-state index is 12.8. The van der Waals surface area contributed by atoms with Crippen molar-refractivity contribution in [2.45, 2.75) is 19.8 Å². The molecule has 1 aliphatic rings. The van der Waals surface area contributed by atoms with E-state index in [9.17, 15) is 9.59 Å². The number of nitrogens with zero attached hydrogens (tertiary/aromatic N) is 2. The van der Waals surface area contributed by atoms with Gasteiger partial charge < -0.3 is 14.7 Å². The molecule has 6 heteroatoms. The highest BCUT2D eigenvalue weighted by Gasteiger charge is 2.29. The van der Waals surface area contributed by atoms with Gasteiger partial charge in [-0.05, 0) is 31.9 Å². The Morgan fingerprint density at radius 2 is 1.72 bits per heavy atom. The SMILES string of the molecule is Cc1ccc(-c2cc(C(=O)N3CCC(C(=O)Nc4ccccc4)CC3)on2)cc1. The fraction of sp³-hybridized carbons (Fsp3) is 0.261. The summed E-state index contributed by atoms with van der Waals surface area (Å²) < 4.78 is 5.30. The van der Waals surface area contributed by atoms with Crippen LogP contribution < -0.4 is 5.32 Å². The molecule has 0 atom stereocenters. The number of piperidine rings is 1. The van der Waals surface area contributed by atoms with Gasteiger partial charge in [0.05, 0.1) is 0 Å². The Morgan fingerprint density at radius 3 is 2.41 bits per heavy atom. The van der Waals surface area contributed by atoms with Crippen LogP contribution in [0.15, 0.2) is 65.2 Å². The molecule has 4 rings (SSSR count). The van der Waals surface area contributed by atoms with E-state index in [1.165, 1.54) is 0 Å². The third-order valence-electron chi connectivity index (χ3n) is 5.26. The molecular formula is C23H23N3O3. The normalized spacial score (nSPS) is 14.6. The average Bonchev–Trinajstić information content (AvgIpc) is 3.25. The second-order valence-electron chi connectivity index (χ2n) is 7.36. The molecular weight excluding hydrogens is 366 g/mol. The second kappa shape index (κ2) is 8.31. The van der Waals surface area contributed by atoms with Gasteiger partial charge in [0.25, 0.3) is 5.91 Å². The van der Waals surface area contributed by atoms with E-state index in [-0.39, 0.29) is 23.5 Å². The van der Waals surface area contributed by atoms with Crippen LogP contribution in [0, 0.1) is 12.8 Å².